The van der Waals surface area contributed by atoms with Gasteiger partial charge in [-0.05, 0) is 20.4 Å². The minimum Gasteiger partial charge on any atom is -0.480 e. The fraction of sp³-hybridized carbons (Fsp3) is 0.923. The van der Waals surface area contributed by atoms with E-state index in [1.165, 1.54) is 0 Å². The van der Waals surface area contributed by atoms with E-state index in [9.17, 15) is 4.79 Å². The highest BCUT2D eigenvalue weighted by Gasteiger charge is 2.18. The van der Waals surface area contributed by atoms with Crippen molar-refractivity contribution in [2.24, 2.45) is 0 Å². The van der Waals surface area contributed by atoms with E-state index >= 15 is 0 Å². The van der Waals surface area contributed by atoms with E-state index < -0.39 is 5.97 Å². The summed E-state index contributed by atoms with van der Waals surface area (Å²) in [5.41, 5.74) is 0. The molecule has 0 amide bonds. The minimum atomic E-state index is -0.728. The van der Waals surface area contributed by atoms with Gasteiger partial charge in [-0.2, -0.15) is 0 Å². The molecule has 0 aromatic heterocycles. The van der Waals surface area contributed by atoms with Gasteiger partial charge in [-0.15, -0.1) is 0 Å². The molecule has 0 bridgehead atoms. The van der Waals surface area contributed by atoms with Crippen molar-refractivity contribution in [3.05, 3.63) is 0 Å². The van der Waals surface area contributed by atoms with Crippen LogP contribution in [-0.2, 0) is 4.79 Å². The van der Waals surface area contributed by atoms with Crippen LogP contribution in [0, 0.1) is 0 Å². The number of rotatable bonds is 4. The summed E-state index contributed by atoms with van der Waals surface area (Å²) in [7, 11) is 0. The number of carboxylic acids is 1. The molecule has 0 aromatic rings. The van der Waals surface area contributed by atoms with Crippen LogP contribution in [0.2, 0.25) is 0 Å². The topological polar surface area (TPSA) is 47.0 Å². The molecule has 0 radical (unpaired) electrons. The quantitative estimate of drug-likeness (QED) is 0.791. The zero-order chi connectivity index (χ0) is 13.5. The van der Waals surface area contributed by atoms with Crippen molar-refractivity contribution in [2.45, 2.75) is 26.8 Å². The molecule has 1 aliphatic heterocycles. The van der Waals surface area contributed by atoms with Crippen LogP contribution in [0.15, 0.2) is 0 Å². The van der Waals surface area contributed by atoms with Crippen molar-refractivity contribution in [2.75, 3.05) is 52.4 Å². The Labute approximate surface area is 110 Å². The zero-order valence-corrected chi connectivity index (χ0v) is 11.9. The number of likely N-dealkylation sites (N-methyl/N-ethyl adjacent to an activating group) is 1. The summed E-state index contributed by atoms with van der Waals surface area (Å²) in [5.74, 6) is -0.728. The molecule has 106 valence electrons. The first kappa shape index (κ1) is 15.4. The van der Waals surface area contributed by atoms with Crippen LogP contribution >= 0.6 is 0 Å². The molecule has 0 aromatic carbocycles. The Morgan fingerprint density at radius 2 is 1.56 bits per heavy atom. The second kappa shape index (κ2) is 7.71. The van der Waals surface area contributed by atoms with E-state index in [-0.39, 0.29) is 6.54 Å². The largest absolute Gasteiger partial charge is 0.480 e. The molecule has 5 nitrogen and oxygen atoms in total. The van der Waals surface area contributed by atoms with Gasteiger partial charge in [0.2, 0.25) is 0 Å². The monoisotopic (exact) mass is 257 g/mol. The van der Waals surface area contributed by atoms with Gasteiger partial charge in [-0.25, -0.2) is 0 Å². The Morgan fingerprint density at radius 3 is 2.06 bits per heavy atom. The summed E-state index contributed by atoms with van der Waals surface area (Å²) < 4.78 is 0. The Kier molecular flexibility index (Phi) is 6.60. The third-order valence-corrected chi connectivity index (χ3v) is 3.68. The molecule has 1 rings (SSSR count). The second-order valence-electron chi connectivity index (χ2n) is 5.23. The fourth-order valence-corrected chi connectivity index (χ4v) is 2.34. The molecule has 0 aliphatic carbocycles. The fourth-order valence-electron chi connectivity index (χ4n) is 2.34. The van der Waals surface area contributed by atoms with Crippen LogP contribution in [-0.4, -0.2) is 84.2 Å². The maximum absolute atomic E-state index is 10.8. The number of hydrogen-bond acceptors (Lipinski definition) is 4. The van der Waals surface area contributed by atoms with E-state index in [2.05, 4.69) is 30.6 Å². The lowest BCUT2D eigenvalue weighted by molar-refractivity contribution is -0.138. The lowest BCUT2D eigenvalue weighted by atomic mass is 10.3. The summed E-state index contributed by atoms with van der Waals surface area (Å²) in [6.45, 7) is 13.6. The molecule has 0 atom stereocenters. The lowest BCUT2D eigenvalue weighted by Gasteiger charge is -2.28. The van der Waals surface area contributed by atoms with Crippen molar-refractivity contribution in [3.8, 4) is 0 Å². The SMILES string of the molecule is CCN1CCN(CC(=O)O)CCN(C(C)C)CC1. The van der Waals surface area contributed by atoms with Gasteiger partial charge in [0.25, 0.3) is 0 Å². The molecule has 18 heavy (non-hydrogen) atoms. The number of carbonyl (C=O) groups is 1. The highest BCUT2D eigenvalue weighted by molar-refractivity contribution is 5.69. The average molecular weight is 257 g/mol. The minimum absolute atomic E-state index is 0.156. The Morgan fingerprint density at radius 1 is 1.06 bits per heavy atom. The van der Waals surface area contributed by atoms with Crippen LogP contribution in [0.1, 0.15) is 20.8 Å². The smallest absolute Gasteiger partial charge is 0.317 e. The summed E-state index contributed by atoms with van der Waals surface area (Å²) in [4.78, 5) is 17.7. The molecule has 1 N–H and O–H groups in total. The molecular formula is C13H27N3O2. The van der Waals surface area contributed by atoms with Crippen molar-refractivity contribution in [1.29, 1.82) is 0 Å². The number of nitrogens with zero attached hydrogens (tertiary/aromatic N) is 3. The first-order chi connectivity index (χ1) is 8.52. The van der Waals surface area contributed by atoms with Gasteiger partial charge in [-0.3, -0.25) is 14.6 Å². The number of hydrogen-bond donors (Lipinski definition) is 1. The Balaban J connectivity index is 2.60. The van der Waals surface area contributed by atoms with Crippen LogP contribution in [0.25, 0.3) is 0 Å². The average Bonchev–Trinajstić information content (AvgIpc) is 2.39. The summed E-state index contributed by atoms with van der Waals surface area (Å²) in [6.07, 6.45) is 0. The van der Waals surface area contributed by atoms with E-state index in [0.29, 0.717) is 6.04 Å². The summed E-state index contributed by atoms with van der Waals surface area (Å²) in [6, 6.07) is 0.522. The predicted octanol–water partition coefficient (Wildman–Crippen LogP) is 0.419. The van der Waals surface area contributed by atoms with E-state index in [0.717, 1.165) is 45.8 Å². The first-order valence-corrected chi connectivity index (χ1v) is 6.93. The van der Waals surface area contributed by atoms with Crippen molar-refractivity contribution >= 4 is 5.97 Å². The maximum atomic E-state index is 10.8. The molecule has 1 aliphatic rings. The molecule has 1 fully saturated rings. The van der Waals surface area contributed by atoms with Crippen LogP contribution in [0.5, 0.6) is 0 Å². The highest BCUT2D eigenvalue weighted by Crippen LogP contribution is 2.03. The van der Waals surface area contributed by atoms with Crippen LogP contribution in [0.3, 0.4) is 0 Å². The van der Waals surface area contributed by atoms with Gasteiger partial charge < -0.3 is 10.0 Å². The maximum Gasteiger partial charge on any atom is 0.317 e. The second-order valence-corrected chi connectivity index (χ2v) is 5.23. The third kappa shape index (κ3) is 5.33. The first-order valence-electron chi connectivity index (χ1n) is 6.93. The number of carboxylic acid groups (broad SMARTS) is 1. The lowest BCUT2D eigenvalue weighted by Crippen LogP contribution is -2.41. The standard InChI is InChI=1S/C13H27N3O2/c1-4-14-5-6-15(11-13(17)18)8-10-16(9-7-14)12(2)3/h12H,4-11H2,1-3H3,(H,17,18). The summed E-state index contributed by atoms with van der Waals surface area (Å²) in [5, 5.41) is 8.93. The molecule has 1 heterocycles. The Bertz CT molecular complexity index is 259. The third-order valence-electron chi connectivity index (χ3n) is 3.68. The molecule has 1 saturated heterocycles. The summed E-state index contributed by atoms with van der Waals surface area (Å²) >= 11 is 0. The molecular weight excluding hydrogens is 230 g/mol. The van der Waals surface area contributed by atoms with E-state index in [1.54, 1.807) is 0 Å². The van der Waals surface area contributed by atoms with Gasteiger partial charge in [0, 0.05) is 45.3 Å². The van der Waals surface area contributed by atoms with Crippen molar-refractivity contribution in [1.82, 2.24) is 14.7 Å². The van der Waals surface area contributed by atoms with E-state index in [4.69, 9.17) is 5.11 Å². The number of aliphatic carboxylic acids is 1. The van der Waals surface area contributed by atoms with Gasteiger partial charge in [0.05, 0.1) is 6.54 Å². The van der Waals surface area contributed by atoms with Gasteiger partial charge in [0.1, 0.15) is 0 Å². The molecule has 0 spiro atoms. The van der Waals surface area contributed by atoms with Gasteiger partial charge >= 0.3 is 5.97 Å². The van der Waals surface area contributed by atoms with Crippen LogP contribution in [0.4, 0.5) is 0 Å². The highest BCUT2D eigenvalue weighted by atomic mass is 16.4. The molecule has 0 saturated carbocycles. The predicted molar refractivity (Wildman–Crippen MR) is 72.9 cm³/mol. The normalized spacial score (nSPS) is 21.6. The van der Waals surface area contributed by atoms with E-state index in [1.807, 2.05) is 4.90 Å². The van der Waals surface area contributed by atoms with Gasteiger partial charge in [-0.1, -0.05) is 6.92 Å². The Hall–Kier alpha value is -0.650. The van der Waals surface area contributed by atoms with Crippen LogP contribution < -0.4 is 0 Å². The zero-order valence-electron chi connectivity index (χ0n) is 11.9. The van der Waals surface area contributed by atoms with Crippen molar-refractivity contribution < 1.29 is 9.90 Å². The molecule has 5 heteroatoms. The van der Waals surface area contributed by atoms with Gasteiger partial charge in [0.15, 0.2) is 0 Å². The molecule has 0 unspecified atom stereocenters. The van der Waals surface area contributed by atoms with Crippen molar-refractivity contribution in [3.63, 3.8) is 0 Å².